The van der Waals surface area contributed by atoms with Crippen LogP contribution in [0.1, 0.15) is 26.7 Å². The predicted octanol–water partition coefficient (Wildman–Crippen LogP) is 0.592. The molecule has 0 aromatic carbocycles. The fourth-order valence-electron chi connectivity index (χ4n) is 1.52. The molecule has 0 spiro atoms. The fourth-order valence-corrected chi connectivity index (χ4v) is 1.52. The molecule has 0 unspecified atom stereocenters. The Labute approximate surface area is 73.9 Å². The van der Waals surface area contributed by atoms with E-state index in [1.54, 1.807) is 6.92 Å². The second kappa shape index (κ2) is 3.90. The third-order valence-electron chi connectivity index (χ3n) is 2.48. The van der Waals surface area contributed by atoms with Crippen molar-refractivity contribution in [2.24, 2.45) is 11.7 Å². The molecule has 12 heavy (non-hydrogen) atoms. The summed E-state index contributed by atoms with van der Waals surface area (Å²) in [5.41, 5.74) is 5.51. The van der Waals surface area contributed by atoms with Crippen molar-refractivity contribution in [3.63, 3.8) is 0 Å². The second-order valence-electron chi connectivity index (χ2n) is 3.80. The van der Waals surface area contributed by atoms with Crippen molar-refractivity contribution in [3.05, 3.63) is 0 Å². The molecular weight excluding hydrogens is 152 g/mol. The molecule has 0 aromatic heterocycles. The Morgan fingerprint density at radius 1 is 1.50 bits per heavy atom. The molecule has 1 aliphatic heterocycles. The summed E-state index contributed by atoms with van der Waals surface area (Å²) in [5, 5.41) is 0. The Hall–Kier alpha value is -0.570. The number of rotatable bonds is 1. The highest BCUT2D eigenvalue weighted by Gasteiger charge is 2.21. The molecule has 1 rings (SSSR count). The van der Waals surface area contributed by atoms with Crippen molar-refractivity contribution in [1.29, 1.82) is 0 Å². The largest absolute Gasteiger partial charge is 0.341 e. The molecule has 1 amide bonds. The first-order valence-corrected chi connectivity index (χ1v) is 4.65. The summed E-state index contributed by atoms with van der Waals surface area (Å²) in [6.07, 6.45) is 2.25. The topological polar surface area (TPSA) is 46.3 Å². The maximum atomic E-state index is 11.4. The third-order valence-corrected chi connectivity index (χ3v) is 2.48. The number of hydrogen-bond donors (Lipinski definition) is 1. The van der Waals surface area contributed by atoms with Gasteiger partial charge in [-0.3, -0.25) is 4.79 Å². The molecule has 1 atom stereocenters. The molecule has 3 nitrogen and oxygen atoms in total. The summed E-state index contributed by atoms with van der Waals surface area (Å²) in [6.45, 7) is 5.76. The molecule has 1 saturated heterocycles. The van der Waals surface area contributed by atoms with E-state index in [-0.39, 0.29) is 11.9 Å². The van der Waals surface area contributed by atoms with Gasteiger partial charge in [0.15, 0.2) is 0 Å². The Morgan fingerprint density at radius 2 is 2.00 bits per heavy atom. The Kier molecular flexibility index (Phi) is 3.09. The normalized spacial score (nSPS) is 22.4. The number of carbonyl (C=O) groups excluding carboxylic acids is 1. The highest BCUT2D eigenvalue weighted by Crippen LogP contribution is 2.16. The molecule has 70 valence electrons. The van der Waals surface area contributed by atoms with Crippen LogP contribution in [0, 0.1) is 5.92 Å². The second-order valence-corrected chi connectivity index (χ2v) is 3.80. The van der Waals surface area contributed by atoms with E-state index in [0.29, 0.717) is 0 Å². The van der Waals surface area contributed by atoms with E-state index < -0.39 is 0 Å². The van der Waals surface area contributed by atoms with Gasteiger partial charge in [-0.25, -0.2) is 0 Å². The summed E-state index contributed by atoms with van der Waals surface area (Å²) in [7, 11) is 0. The molecule has 1 fully saturated rings. The summed E-state index contributed by atoms with van der Waals surface area (Å²) in [4.78, 5) is 13.3. The fraction of sp³-hybridized carbons (Fsp3) is 0.889. The molecule has 2 N–H and O–H groups in total. The molecule has 0 radical (unpaired) electrons. The van der Waals surface area contributed by atoms with Crippen LogP contribution in [0.15, 0.2) is 0 Å². The zero-order valence-electron chi connectivity index (χ0n) is 7.92. The quantitative estimate of drug-likeness (QED) is 0.626. The lowest BCUT2D eigenvalue weighted by atomic mass is 9.99. The minimum absolute atomic E-state index is 0.0990. The van der Waals surface area contributed by atoms with Crippen molar-refractivity contribution in [3.8, 4) is 0 Å². The molecule has 3 heteroatoms. The molecule has 0 aromatic rings. The van der Waals surface area contributed by atoms with Gasteiger partial charge in [-0.2, -0.15) is 0 Å². The van der Waals surface area contributed by atoms with Crippen LogP contribution in [-0.4, -0.2) is 29.9 Å². The number of nitrogens with zero attached hydrogens (tertiary/aromatic N) is 1. The lowest BCUT2D eigenvalue weighted by Gasteiger charge is -2.31. The lowest BCUT2D eigenvalue weighted by molar-refractivity contribution is -0.133. The number of hydrogen-bond acceptors (Lipinski definition) is 2. The minimum atomic E-state index is -0.335. The first-order chi connectivity index (χ1) is 5.61. The molecular formula is C9H18N2O. The standard InChI is InChI=1S/C9H18N2O/c1-7-3-5-11(6-4-7)9(12)8(2)10/h7-8H,3-6,10H2,1-2H3/t8-/m0/s1. The van der Waals surface area contributed by atoms with Gasteiger partial charge < -0.3 is 10.6 Å². The van der Waals surface area contributed by atoms with E-state index in [2.05, 4.69) is 6.92 Å². The van der Waals surface area contributed by atoms with E-state index in [9.17, 15) is 4.79 Å². The number of piperidine rings is 1. The van der Waals surface area contributed by atoms with Gasteiger partial charge in [0.1, 0.15) is 0 Å². The Bertz CT molecular complexity index is 160. The van der Waals surface area contributed by atoms with Crippen LogP contribution in [0.4, 0.5) is 0 Å². The molecule has 0 bridgehead atoms. The van der Waals surface area contributed by atoms with Crippen LogP contribution < -0.4 is 5.73 Å². The maximum absolute atomic E-state index is 11.4. The number of likely N-dealkylation sites (tertiary alicyclic amines) is 1. The first-order valence-electron chi connectivity index (χ1n) is 4.65. The summed E-state index contributed by atoms with van der Waals surface area (Å²) < 4.78 is 0. The monoisotopic (exact) mass is 170 g/mol. The van der Waals surface area contributed by atoms with Crippen LogP contribution in [0.3, 0.4) is 0 Å². The number of carbonyl (C=O) groups is 1. The van der Waals surface area contributed by atoms with Crippen molar-refractivity contribution in [2.45, 2.75) is 32.7 Å². The SMILES string of the molecule is CC1CCN(C(=O)[C@H](C)N)CC1. The van der Waals surface area contributed by atoms with E-state index in [1.165, 1.54) is 0 Å². The van der Waals surface area contributed by atoms with E-state index >= 15 is 0 Å². The van der Waals surface area contributed by atoms with Crippen LogP contribution in [0.2, 0.25) is 0 Å². The highest BCUT2D eigenvalue weighted by molar-refractivity contribution is 5.81. The van der Waals surface area contributed by atoms with Gasteiger partial charge in [-0.15, -0.1) is 0 Å². The van der Waals surface area contributed by atoms with Gasteiger partial charge in [-0.05, 0) is 25.7 Å². The van der Waals surface area contributed by atoms with Crippen molar-refractivity contribution in [1.82, 2.24) is 4.90 Å². The van der Waals surface area contributed by atoms with Crippen LogP contribution >= 0.6 is 0 Å². The average Bonchev–Trinajstić information content (AvgIpc) is 2.04. The smallest absolute Gasteiger partial charge is 0.239 e. The van der Waals surface area contributed by atoms with Crippen LogP contribution in [-0.2, 0) is 4.79 Å². The van der Waals surface area contributed by atoms with E-state index in [0.717, 1.165) is 31.8 Å². The van der Waals surface area contributed by atoms with Gasteiger partial charge >= 0.3 is 0 Å². The number of nitrogens with two attached hydrogens (primary N) is 1. The summed E-state index contributed by atoms with van der Waals surface area (Å²) >= 11 is 0. The van der Waals surface area contributed by atoms with Crippen molar-refractivity contribution >= 4 is 5.91 Å². The zero-order chi connectivity index (χ0) is 9.14. The molecule has 0 aliphatic carbocycles. The summed E-state index contributed by atoms with van der Waals surface area (Å²) in [5.74, 6) is 0.865. The van der Waals surface area contributed by atoms with Gasteiger partial charge in [-0.1, -0.05) is 6.92 Å². The molecule has 1 heterocycles. The van der Waals surface area contributed by atoms with Crippen LogP contribution in [0.5, 0.6) is 0 Å². The Balaban J connectivity index is 2.39. The first kappa shape index (κ1) is 9.52. The van der Waals surface area contributed by atoms with Crippen molar-refractivity contribution < 1.29 is 4.79 Å². The molecule has 0 saturated carbocycles. The lowest BCUT2D eigenvalue weighted by Crippen LogP contribution is -2.45. The van der Waals surface area contributed by atoms with Crippen molar-refractivity contribution in [2.75, 3.05) is 13.1 Å². The average molecular weight is 170 g/mol. The highest BCUT2D eigenvalue weighted by atomic mass is 16.2. The van der Waals surface area contributed by atoms with Gasteiger partial charge in [0.25, 0.3) is 0 Å². The maximum Gasteiger partial charge on any atom is 0.239 e. The zero-order valence-corrected chi connectivity index (χ0v) is 7.92. The third kappa shape index (κ3) is 2.21. The summed E-state index contributed by atoms with van der Waals surface area (Å²) in [6, 6.07) is -0.335. The number of amides is 1. The van der Waals surface area contributed by atoms with Crippen LogP contribution in [0.25, 0.3) is 0 Å². The minimum Gasteiger partial charge on any atom is -0.341 e. The molecule has 1 aliphatic rings. The van der Waals surface area contributed by atoms with Gasteiger partial charge in [0.2, 0.25) is 5.91 Å². The predicted molar refractivity (Wildman–Crippen MR) is 48.6 cm³/mol. The van der Waals surface area contributed by atoms with Gasteiger partial charge in [0.05, 0.1) is 6.04 Å². The van der Waals surface area contributed by atoms with Gasteiger partial charge in [0, 0.05) is 13.1 Å². The Morgan fingerprint density at radius 3 is 2.42 bits per heavy atom. The van der Waals surface area contributed by atoms with E-state index in [4.69, 9.17) is 5.73 Å². The van der Waals surface area contributed by atoms with E-state index in [1.807, 2.05) is 4.90 Å².